The van der Waals surface area contributed by atoms with E-state index in [-0.39, 0.29) is 5.78 Å². The van der Waals surface area contributed by atoms with Crippen LogP contribution in [0, 0.1) is 11.8 Å². The number of allylic oxidation sites excluding steroid dienone is 3. The molecule has 1 heteroatoms. The van der Waals surface area contributed by atoms with Gasteiger partial charge in [-0.15, -0.1) is 6.58 Å². The van der Waals surface area contributed by atoms with Crippen molar-refractivity contribution in [3.05, 3.63) is 24.3 Å². The van der Waals surface area contributed by atoms with Crippen molar-refractivity contribution in [2.45, 2.75) is 44.9 Å². The minimum absolute atomic E-state index is 0.0278. The van der Waals surface area contributed by atoms with Crippen molar-refractivity contribution in [3.8, 4) is 11.8 Å². The Balaban J connectivity index is 2.44. The molecule has 1 aliphatic carbocycles. The normalized spacial score (nSPS) is 15.6. The number of Topliss-reactive ketones (excluding diaryl/α,β-unsaturated/α-hetero) is 1. The van der Waals surface area contributed by atoms with Crippen LogP contribution in [-0.2, 0) is 4.79 Å². The third kappa shape index (κ3) is 5.22. The van der Waals surface area contributed by atoms with Gasteiger partial charge in [0.2, 0.25) is 5.78 Å². The predicted octanol–water partition coefficient (Wildman–Crippen LogP) is 3.42. The Morgan fingerprint density at radius 3 is 3.13 bits per heavy atom. The van der Waals surface area contributed by atoms with E-state index >= 15 is 0 Å². The monoisotopic (exact) mass is 202 g/mol. The standard InChI is InChI=1S/C14H18O/c1-2-3-10-14(15)12-11-13-8-6-4-5-7-9-13/h2,8H,1,3-7,9-10H2. The second-order valence-electron chi connectivity index (χ2n) is 3.83. The molecule has 0 aliphatic heterocycles. The molecule has 0 aromatic carbocycles. The van der Waals surface area contributed by atoms with Gasteiger partial charge in [0.1, 0.15) is 0 Å². The fourth-order valence-electron chi connectivity index (χ4n) is 1.57. The summed E-state index contributed by atoms with van der Waals surface area (Å²) >= 11 is 0. The predicted molar refractivity (Wildman–Crippen MR) is 63.4 cm³/mol. The van der Waals surface area contributed by atoms with E-state index in [1.54, 1.807) is 6.08 Å². The van der Waals surface area contributed by atoms with Gasteiger partial charge in [0, 0.05) is 6.42 Å². The summed E-state index contributed by atoms with van der Waals surface area (Å²) in [4.78, 5) is 11.3. The number of hydrogen-bond donors (Lipinski definition) is 0. The van der Waals surface area contributed by atoms with E-state index in [1.807, 2.05) is 0 Å². The van der Waals surface area contributed by atoms with Crippen molar-refractivity contribution in [2.75, 3.05) is 0 Å². The lowest BCUT2D eigenvalue weighted by molar-refractivity contribution is -0.113. The maximum absolute atomic E-state index is 11.3. The van der Waals surface area contributed by atoms with Crippen molar-refractivity contribution >= 4 is 5.78 Å². The van der Waals surface area contributed by atoms with Gasteiger partial charge >= 0.3 is 0 Å². The molecule has 1 rings (SSSR count). The fourth-order valence-corrected chi connectivity index (χ4v) is 1.57. The van der Waals surface area contributed by atoms with E-state index in [0.717, 1.165) is 24.8 Å². The van der Waals surface area contributed by atoms with Crippen molar-refractivity contribution in [3.63, 3.8) is 0 Å². The Bertz CT molecular complexity index is 312. The zero-order valence-corrected chi connectivity index (χ0v) is 9.22. The first-order valence-corrected chi connectivity index (χ1v) is 5.67. The lowest BCUT2D eigenvalue weighted by Crippen LogP contribution is -1.91. The number of carbonyl (C=O) groups excluding carboxylic acids is 1. The first-order valence-electron chi connectivity index (χ1n) is 5.67. The molecule has 0 saturated heterocycles. The van der Waals surface area contributed by atoms with Gasteiger partial charge in [0.25, 0.3) is 0 Å². The van der Waals surface area contributed by atoms with E-state index in [1.165, 1.54) is 19.3 Å². The van der Waals surface area contributed by atoms with Crippen LogP contribution in [0.25, 0.3) is 0 Å². The Morgan fingerprint density at radius 1 is 1.47 bits per heavy atom. The van der Waals surface area contributed by atoms with Gasteiger partial charge < -0.3 is 0 Å². The summed E-state index contributed by atoms with van der Waals surface area (Å²) in [6.07, 6.45) is 11.1. The fraction of sp³-hybridized carbons (Fsp3) is 0.500. The van der Waals surface area contributed by atoms with Crippen LogP contribution in [-0.4, -0.2) is 5.78 Å². The van der Waals surface area contributed by atoms with Crippen LogP contribution in [0.1, 0.15) is 44.9 Å². The maximum Gasteiger partial charge on any atom is 0.206 e. The Hall–Kier alpha value is -1.29. The Morgan fingerprint density at radius 2 is 2.33 bits per heavy atom. The van der Waals surface area contributed by atoms with Gasteiger partial charge in [-0.3, -0.25) is 4.79 Å². The van der Waals surface area contributed by atoms with Crippen LogP contribution in [0.15, 0.2) is 24.3 Å². The minimum Gasteiger partial charge on any atom is -0.285 e. The highest BCUT2D eigenvalue weighted by molar-refractivity contribution is 5.95. The number of ketones is 1. The summed E-state index contributed by atoms with van der Waals surface area (Å²) in [6.45, 7) is 3.58. The summed E-state index contributed by atoms with van der Waals surface area (Å²) in [5, 5.41) is 0. The average Bonchev–Trinajstić information content (AvgIpc) is 2.51. The van der Waals surface area contributed by atoms with Gasteiger partial charge in [0.15, 0.2) is 0 Å². The molecule has 0 aromatic heterocycles. The molecule has 0 N–H and O–H groups in total. The molecule has 0 fully saturated rings. The van der Waals surface area contributed by atoms with Crippen molar-refractivity contribution in [1.29, 1.82) is 0 Å². The molecular formula is C14H18O. The summed E-state index contributed by atoms with van der Waals surface area (Å²) < 4.78 is 0. The Labute approximate surface area is 92.3 Å². The molecule has 0 amide bonds. The van der Waals surface area contributed by atoms with Gasteiger partial charge in [-0.25, -0.2) is 0 Å². The van der Waals surface area contributed by atoms with Crippen LogP contribution in [0.3, 0.4) is 0 Å². The molecule has 1 aliphatic rings. The van der Waals surface area contributed by atoms with Crippen LogP contribution < -0.4 is 0 Å². The largest absolute Gasteiger partial charge is 0.285 e. The smallest absolute Gasteiger partial charge is 0.206 e. The third-order valence-corrected chi connectivity index (χ3v) is 2.48. The van der Waals surface area contributed by atoms with E-state index in [9.17, 15) is 4.79 Å². The van der Waals surface area contributed by atoms with Gasteiger partial charge in [0.05, 0.1) is 0 Å². The summed E-state index contributed by atoms with van der Waals surface area (Å²) in [5.74, 6) is 5.74. The van der Waals surface area contributed by atoms with Crippen LogP contribution >= 0.6 is 0 Å². The summed E-state index contributed by atoms with van der Waals surface area (Å²) in [5.41, 5.74) is 1.15. The molecular weight excluding hydrogens is 184 g/mol. The van der Waals surface area contributed by atoms with E-state index in [4.69, 9.17) is 0 Å². The molecule has 0 bridgehead atoms. The molecule has 0 aromatic rings. The first kappa shape index (κ1) is 11.8. The van der Waals surface area contributed by atoms with Crippen LogP contribution in [0.2, 0.25) is 0 Å². The molecule has 0 atom stereocenters. The maximum atomic E-state index is 11.3. The molecule has 80 valence electrons. The third-order valence-electron chi connectivity index (χ3n) is 2.48. The van der Waals surface area contributed by atoms with E-state index in [0.29, 0.717) is 6.42 Å². The molecule has 0 heterocycles. The molecule has 0 spiro atoms. The molecule has 0 saturated carbocycles. The topological polar surface area (TPSA) is 17.1 Å². The van der Waals surface area contributed by atoms with Gasteiger partial charge in [-0.2, -0.15) is 0 Å². The van der Waals surface area contributed by atoms with Crippen molar-refractivity contribution in [1.82, 2.24) is 0 Å². The summed E-state index contributed by atoms with van der Waals surface area (Å²) in [6, 6.07) is 0. The van der Waals surface area contributed by atoms with Gasteiger partial charge in [-0.1, -0.05) is 24.5 Å². The lowest BCUT2D eigenvalue weighted by Gasteiger charge is -1.93. The van der Waals surface area contributed by atoms with Crippen LogP contribution in [0.4, 0.5) is 0 Å². The molecule has 0 radical (unpaired) electrons. The molecule has 0 unspecified atom stereocenters. The van der Waals surface area contributed by atoms with Gasteiger partial charge in [-0.05, 0) is 43.6 Å². The quantitative estimate of drug-likeness (QED) is 0.389. The number of rotatable bonds is 3. The summed E-state index contributed by atoms with van der Waals surface area (Å²) in [7, 11) is 0. The molecule has 15 heavy (non-hydrogen) atoms. The Kier molecular flexibility index (Phi) is 5.55. The molecule has 1 nitrogen and oxygen atoms in total. The second kappa shape index (κ2) is 7.06. The van der Waals surface area contributed by atoms with E-state index in [2.05, 4.69) is 24.5 Å². The number of hydrogen-bond acceptors (Lipinski definition) is 1. The van der Waals surface area contributed by atoms with Crippen molar-refractivity contribution < 1.29 is 4.79 Å². The second-order valence-corrected chi connectivity index (χ2v) is 3.83. The average molecular weight is 202 g/mol. The zero-order chi connectivity index (χ0) is 10.9. The highest BCUT2D eigenvalue weighted by Gasteiger charge is 2.00. The lowest BCUT2D eigenvalue weighted by atomic mass is 10.1. The first-order chi connectivity index (χ1) is 7.33. The number of carbonyl (C=O) groups is 1. The van der Waals surface area contributed by atoms with Crippen LogP contribution in [0.5, 0.6) is 0 Å². The zero-order valence-electron chi connectivity index (χ0n) is 9.22. The highest BCUT2D eigenvalue weighted by atomic mass is 16.1. The SMILES string of the molecule is C=CCCC(=O)C#CC1=CCCCCC1. The van der Waals surface area contributed by atoms with E-state index < -0.39 is 0 Å². The minimum atomic E-state index is 0.0278. The van der Waals surface area contributed by atoms with Crippen molar-refractivity contribution in [2.24, 2.45) is 0 Å². The highest BCUT2D eigenvalue weighted by Crippen LogP contribution is 2.16.